The number of rotatable bonds is 3. The Bertz CT molecular complexity index is 825. The van der Waals surface area contributed by atoms with E-state index in [2.05, 4.69) is 48.8 Å². The van der Waals surface area contributed by atoms with Crippen LogP contribution in [0, 0.1) is 27.7 Å². The van der Waals surface area contributed by atoms with Gasteiger partial charge in [0.1, 0.15) is 0 Å². The highest BCUT2D eigenvalue weighted by atomic mass is 16.1. The van der Waals surface area contributed by atoms with Gasteiger partial charge in [0.2, 0.25) is 5.95 Å². The molecule has 1 aliphatic rings. The molecular formula is C19H26N4O. The third kappa shape index (κ3) is 2.84. The summed E-state index contributed by atoms with van der Waals surface area (Å²) in [6.45, 7) is 12.5. The Morgan fingerprint density at radius 3 is 2.54 bits per heavy atom. The van der Waals surface area contributed by atoms with Gasteiger partial charge in [-0.1, -0.05) is 24.6 Å². The summed E-state index contributed by atoms with van der Waals surface area (Å²) in [4.78, 5) is 22.0. The average molecular weight is 326 g/mol. The number of anilines is 2. The second-order valence-electron chi connectivity index (χ2n) is 6.75. The van der Waals surface area contributed by atoms with E-state index in [1.807, 2.05) is 13.8 Å². The molecule has 0 unspecified atom stereocenters. The number of nitrogens with zero attached hydrogens (tertiary/aromatic N) is 4. The van der Waals surface area contributed by atoms with Gasteiger partial charge in [-0.2, -0.15) is 0 Å². The Kier molecular flexibility index (Phi) is 4.45. The van der Waals surface area contributed by atoms with E-state index in [4.69, 9.17) is 4.98 Å². The maximum Gasteiger partial charge on any atom is 0.259 e. The Morgan fingerprint density at radius 2 is 1.88 bits per heavy atom. The zero-order valence-electron chi connectivity index (χ0n) is 15.3. The first-order valence-corrected chi connectivity index (χ1v) is 8.57. The minimum Gasteiger partial charge on any atom is -0.298 e. The third-order valence-electron chi connectivity index (χ3n) is 4.72. The summed E-state index contributed by atoms with van der Waals surface area (Å²) in [5.74, 6) is 0.752. The van der Waals surface area contributed by atoms with E-state index in [0.717, 1.165) is 42.5 Å². The maximum absolute atomic E-state index is 12.8. The first kappa shape index (κ1) is 16.7. The summed E-state index contributed by atoms with van der Waals surface area (Å²) in [7, 11) is 0. The lowest BCUT2D eigenvalue weighted by molar-refractivity contribution is 0.198. The molecule has 2 heterocycles. The minimum absolute atomic E-state index is 0.0630. The van der Waals surface area contributed by atoms with Crippen LogP contribution >= 0.6 is 0 Å². The quantitative estimate of drug-likeness (QED) is 0.868. The number of aryl methyl sites for hydroxylation is 3. The molecule has 1 aromatic carbocycles. The lowest BCUT2D eigenvalue weighted by Gasteiger charge is -2.39. The lowest BCUT2D eigenvalue weighted by Crippen LogP contribution is -2.48. The zero-order chi connectivity index (χ0) is 17.4. The van der Waals surface area contributed by atoms with E-state index < -0.39 is 0 Å². The first-order chi connectivity index (χ1) is 11.4. The number of fused-ring (bicyclic) bond motifs is 1. The molecule has 0 saturated carbocycles. The van der Waals surface area contributed by atoms with E-state index in [0.29, 0.717) is 6.67 Å². The van der Waals surface area contributed by atoms with Crippen LogP contribution < -0.4 is 10.5 Å². The summed E-state index contributed by atoms with van der Waals surface area (Å²) < 4.78 is 1.81. The van der Waals surface area contributed by atoms with Gasteiger partial charge in [-0.15, -0.1) is 0 Å². The number of hydrogen-bond acceptors (Lipinski definition) is 4. The van der Waals surface area contributed by atoms with Crippen molar-refractivity contribution in [3.63, 3.8) is 0 Å². The van der Waals surface area contributed by atoms with E-state index in [-0.39, 0.29) is 5.56 Å². The first-order valence-electron chi connectivity index (χ1n) is 8.57. The van der Waals surface area contributed by atoms with Crippen molar-refractivity contribution in [1.29, 1.82) is 0 Å². The van der Waals surface area contributed by atoms with Crippen molar-refractivity contribution in [2.45, 2.75) is 47.7 Å². The highest BCUT2D eigenvalue weighted by Gasteiger charge is 2.27. The van der Waals surface area contributed by atoms with Gasteiger partial charge in [-0.3, -0.25) is 19.2 Å². The van der Waals surface area contributed by atoms with Crippen LogP contribution in [0.15, 0.2) is 23.0 Å². The molecule has 0 radical (unpaired) electrons. The van der Waals surface area contributed by atoms with E-state index >= 15 is 0 Å². The Balaban J connectivity index is 2.18. The molecule has 0 atom stereocenters. The summed E-state index contributed by atoms with van der Waals surface area (Å²) in [6.07, 6.45) is 1.06. The fourth-order valence-electron chi connectivity index (χ4n) is 3.33. The van der Waals surface area contributed by atoms with Gasteiger partial charge in [0.05, 0.1) is 13.3 Å². The monoisotopic (exact) mass is 326 g/mol. The second kappa shape index (κ2) is 6.40. The predicted molar refractivity (Wildman–Crippen MR) is 97.9 cm³/mol. The lowest BCUT2D eigenvalue weighted by atomic mass is 10.1. The second-order valence-corrected chi connectivity index (χ2v) is 6.75. The normalized spacial score (nSPS) is 14.8. The molecular weight excluding hydrogens is 300 g/mol. The molecule has 2 aromatic rings. The summed E-state index contributed by atoms with van der Waals surface area (Å²) in [6, 6.07) is 6.42. The van der Waals surface area contributed by atoms with Crippen LogP contribution in [0.3, 0.4) is 0 Å². The smallest absolute Gasteiger partial charge is 0.259 e. The van der Waals surface area contributed by atoms with Gasteiger partial charge in [0, 0.05) is 23.5 Å². The van der Waals surface area contributed by atoms with Gasteiger partial charge < -0.3 is 0 Å². The molecule has 0 bridgehead atoms. The van der Waals surface area contributed by atoms with Crippen LogP contribution in [0.25, 0.3) is 0 Å². The number of benzene rings is 1. The van der Waals surface area contributed by atoms with Crippen LogP contribution in [0.5, 0.6) is 0 Å². The van der Waals surface area contributed by atoms with E-state index in [1.54, 1.807) is 4.57 Å². The van der Waals surface area contributed by atoms with Crippen LogP contribution in [-0.4, -0.2) is 27.7 Å². The fraction of sp³-hybridized carbons (Fsp3) is 0.474. The van der Waals surface area contributed by atoms with Crippen molar-refractivity contribution in [2.75, 3.05) is 18.1 Å². The maximum atomic E-state index is 12.8. The van der Waals surface area contributed by atoms with Gasteiger partial charge in [-0.25, -0.2) is 4.98 Å². The molecule has 128 valence electrons. The van der Waals surface area contributed by atoms with Crippen molar-refractivity contribution in [3.8, 4) is 0 Å². The van der Waals surface area contributed by atoms with Crippen LogP contribution in [0.1, 0.15) is 35.7 Å². The minimum atomic E-state index is 0.0630. The molecule has 0 fully saturated rings. The molecule has 5 nitrogen and oxygen atoms in total. The molecule has 24 heavy (non-hydrogen) atoms. The fourth-order valence-corrected chi connectivity index (χ4v) is 3.33. The molecule has 3 rings (SSSR count). The van der Waals surface area contributed by atoms with Crippen molar-refractivity contribution in [3.05, 3.63) is 50.9 Å². The Morgan fingerprint density at radius 1 is 1.12 bits per heavy atom. The molecule has 1 aliphatic heterocycles. The molecule has 0 aliphatic carbocycles. The third-order valence-corrected chi connectivity index (χ3v) is 4.72. The standard InChI is InChI=1S/C19H26N4O/c1-6-9-21-11-22(17-8-7-13(2)10-14(17)3)19-20-16(5)15(4)18(24)23(19)12-21/h7-8,10H,6,9,11-12H2,1-5H3. The zero-order valence-corrected chi connectivity index (χ0v) is 15.3. The highest BCUT2D eigenvalue weighted by molar-refractivity contribution is 5.63. The molecule has 0 amide bonds. The Hall–Kier alpha value is -2.14. The van der Waals surface area contributed by atoms with Gasteiger partial charge in [-0.05, 0) is 45.7 Å². The van der Waals surface area contributed by atoms with Gasteiger partial charge >= 0.3 is 0 Å². The SMILES string of the molecule is CCCN1CN(c2ccc(C)cc2C)c2nc(C)c(C)c(=O)n2C1. The van der Waals surface area contributed by atoms with Gasteiger partial charge in [0.25, 0.3) is 5.56 Å². The van der Waals surface area contributed by atoms with Crippen LogP contribution in [0.4, 0.5) is 11.6 Å². The number of hydrogen-bond donors (Lipinski definition) is 0. The summed E-state index contributed by atoms with van der Waals surface area (Å²) in [5.41, 5.74) is 5.16. The van der Waals surface area contributed by atoms with Crippen molar-refractivity contribution in [2.24, 2.45) is 0 Å². The Labute approximate surface area is 143 Å². The van der Waals surface area contributed by atoms with Gasteiger partial charge in [0.15, 0.2) is 0 Å². The molecule has 5 heteroatoms. The van der Waals surface area contributed by atoms with E-state index in [1.165, 1.54) is 11.1 Å². The predicted octanol–water partition coefficient (Wildman–Crippen LogP) is 3.26. The van der Waals surface area contributed by atoms with Crippen molar-refractivity contribution in [1.82, 2.24) is 14.5 Å². The molecule has 0 saturated heterocycles. The summed E-state index contributed by atoms with van der Waals surface area (Å²) >= 11 is 0. The van der Waals surface area contributed by atoms with Crippen molar-refractivity contribution >= 4 is 11.6 Å². The number of aromatic nitrogens is 2. The van der Waals surface area contributed by atoms with Crippen molar-refractivity contribution < 1.29 is 0 Å². The van der Waals surface area contributed by atoms with Crippen LogP contribution in [0.2, 0.25) is 0 Å². The largest absolute Gasteiger partial charge is 0.298 e. The topological polar surface area (TPSA) is 41.4 Å². The summed E-state index contributed by atoms with van der Waals surface area (Å²) in [5, 5.41) is 0. The molecule has 0 N–H and O–H groups in total. The van der Waals surface area contributed by atoms with Crippen LogP contribution in [-0.2, 0) is 6.67 Å². The molecule has 0 spiro atoms. The highest BCUT2D eigenvalue weighted by Crippen LogP contribution is 2.30. The average Bonchev–Trinajstić information content (AvgIpc) is 2.53. The molecule has 1 aromatic heterocycles. The van der Waals surface area contributed by atoms with E-state index in [9.17, 15) is 4.79 Å².